The minimum Gasteiger partial charge on any atom is -0.345 e. The van der Waals surface area contributed by atoms with E-state index in [4.69, 9.17) is 4.98 Å². The summed E-state index contributed by atoms with van der Waals surface area (Å²) in [6, 6.07) is 3.76. The number of nitrogens with zero attached hydrogens (tertiary/aromatic N) is 5. The molecule has 5 rings (SSSR count). The van der Waals surface area contributed by atoms with E-state index in [1.165, 1.54) is 16.9 Å². The van der Waals surface area contributed by atoms with Crippen LogP contribution in [0.5, 0.6) is 0 Å². The van der Waals surface area contributed by atoms with E-state index >= 15 is 0 Å². The van der Waals surface area contributed by atoms with Crippen LogP contribution in [-0.2, 0) is 19.4 Å². The van der Waals surface area contributed by atoms with Crippen LogP contribution in [0, 0.1) is 12.8 Å². The lowest BCUT2D eigenvalue weighted by Gasteiger charge is -2.17. The molecule has 1 aliphatic rings. The molecule has 1 atom stereocenters. The van der Waals surface area contributed by atoms with Crippen LogP contribution in [0.15, 0.2) is 24.5 Å². The fraction of sp³-hybridized carbons (Fsp3) is 0.350. The van der Waals surface area contributed by atoms with Crippen LogP contribution < -0.4 is 5.32 Å². The first-order valence-electron chi connectivity index (χ1n) is 9.45. The smallest absolute Gasteiger partial charge is 0.291 e. The summed E-state index contributed by atoms with van der Waals surface area (Å²) in [7, 11) is 0. The number of carbonyl (C=O) groups is 1. The molecule has 1 N–H and O–H groups in total. The van der Waals surface area contributed by atoms with E-state index in [2.05, 4.69) is 27.3 Å². The van der Waals surface area contributed by atoms with Gasteiger partial charge in [0.15, 0.2) is 5.65 Å². The average molecular weight is 392 g/mol. The molecule has 0 bridgehead atoms. The van der Waals surface area contributed by atoms with Crippen LogP contribution in [0.4, 0.5) is 0 Å². The van der Waals surface area contributed by atoms with Crippen molar-refractivity contribution >= 4 is 33.1 Å². The third-order valence-electron chi connectivity index (χ3n) is 5.27. The number of aromatic nitrogens is 5. The number of fused-ring (bicyclic) bond motifs is 5. The Labute approximate surface area is 165 Å². The minimum absolute atomic E-state index is 0.171. The third kappa shape index (κ3) is 2.84. The summed E-state index contributed by atoms with van der Waals surface area (Å²) >= 11 is 1.76. The summed E-state index contributed by atoms with van der Waals surface area (Å²) in [6.45, 7) is 4.58. The van der Waals surface area contributed by atoms with Crippen molar-refractivity contribution in [2.24, 2.45) is 5.92 Å². The number of amides is 1. The predicted octanol–water partition coefficient (Wildman–Crippen LogP) is 3.10. The van der Waals surface area contributed by atoms with Crippen LogP contribution >= 0.6 is 11.3 Å². The molecule has 4 heterocycles. The molecule has 4 aromatic rings. The van der Waals surface area contributed by atoms with Crippen molar-refractivity contribution in [1.29, 1.82) is 0 Å². The van der Waals surface area contributed by atoms with Crippen LogP contribution in [0.3, 0.4) is 0 Å². The number of hydrogen-bond donors (Lipinski definition) is 1. The van der Waals surface area contributed by atoms with Gasteiger partial charge in [0.05, 0.1) is 5.39 Å². The number of hydrogen-bond acceptors (Lipinski definition) is 6. The van der Waals surface area contributed by atoms with Crippen molar-refractivity contribution in [3.8, 4) is 0 Å². The highest BCUT2D eigenvalue weighted by molar-refractivity contribution is 7.19. The van der Waals surface area contributed by atoms with E-state index in [0.29, 0.717) is 12.5 Å². The van der Waals surface area contributed by atoms with E-state index < -0.39 is 0 Å². The lowest BCUT2D eigenvalue weighted by Crippen LogP contribution is -2.24. The molecule has 1 aliphatic carbocycles. The third-order valence-corrected chi connectivity index (χ3v) is 6.45. The highest BCUT2D eigenvalue weighted by Gasteiger charge is 2.25. The second kappa shape index (κ2) is 6.63. The Kier molecular flexibility index (Phi) is 4.08. The first kappa shape index (κ1) is 17.2. The number of nitrogens with one attached hydrogen (secondary N) is 1. The molecule has 0 aromatic carbocycles. The Bertz CT molecular complexity index is 1200. The van der Waals surface area contributed by atoms with Crippen LogP contribution in [0.25, 0.3) is 15.9 Å². The monoisotopic (exact) mass is 392 g/mol. The van der Waals surface area contributed by atoms with E-state index in [9.17, 15) is 4.79 Å². The van der Waals surface area contributed by atoms with Gasteiger partial charge in [-0.25, -0.2) is 9.97 Å². The molecule has 7 nitrogen and oxygen atoms in total. The standard InChI is InChI=1S/C20H20N6OS/c1-11-5-6-15-14(8-11)16-18-24-17(25-26(18)12(2)23-20(16)28-15)19(27)22-10-13-4-3-7-21-9-13/h3-4,7,9,11H,5-6,8,10H2,1-2H3,(H,22,27)/t11-/m1/s1. The van der Waals surface area contributed by atoms with Gasteiger partial charge in [-0.05, 0) is 49.3 Å². The second-order valence-electron chi connectivity index (χ2n) is 7.41. The zero-order valence-electron chi connectivity index (χ0n) is 15.8. The second-order valence-corrected chi connectivity index (χ2v) is 8.49. The highest BCUT2D eigenvalue weighted by atomic mass is 32.1. The Morgan fingerprint density at radius 3 is 3.11 bits per heavy atom. The largest absolute Gasteiger partial charge is 0.345 e. The maximum Gasteiger partial charge on any atom is 0.291 e. The first-order chi connectivity index (χ1) is 13.6. The number of aryl methyl sites for hydroxylation is 2. The van der Waals surface area contributed by atoms with Crippen molar-refractivity contribution in [2.75, 3.05) is 0 Å². The van der Waals surface area contributed by atoms with Gasteiger partial charge in [-0.2, -0.15) is 4.52 Å². The maximum absolute atomic E-state index is 12.6. The van der Waals surface area contributed by atoms with Crippen molar-refractivity contribution in [3.05, 3.63) is 52.2 Å². The van der Waals surface area contributed by atoms with Gasteiger partial charge in [-0.15, -0.1) is 16.4 Å². The molecule has 0 saturated heterocycles. The van der Waals surface area contributed by atoms with Crippen LogP contribution in [0.2, 0.25) is 0 Å². The Balaban J connectivity index is 1.54. The Hall–Kier alpha value is -2.87. The summed E-state index contributed by atoms with van der Waals surface area (Å²) in [5, 5.41) is 8.38. The Morgan fingerprint density at radius 1 is 1.39 bits per heavy atom. The molecule has 1 amide bonds. The van der Waals surface area contributed by atoms with Gasteiger partial charge in [-0.3, -0.25) is 9.78 Å². The number of pyridine rings is 1. The molecule has 142 valence electrons. The molecular weight excluding hydrogens is 372 g/mol. The summed E-state index contributed by atoms with van der Waals surface area (Å²) < 4.78 is 1.70. The van der Waals surface area contributed by atoms with Gasteiger partial charge in [0, 0.05) is 23.8 Å². The van der Waals surface area contributed by atoms with Gasteiger partial charge in [-0.1, -0.05) is 13.0 Å². The van der Waals surface area contributed by atoms with Gasteiger partial charge < -0.3 is 5.32 Å². The number of thiophene rings is 1. The maximum atomic E-state index is 12.6. The molecule has 0 radical (unpaired) electrons. The van der Waals surface area contributed by atoms with Crippen LogP contribution in [-0.4, -0.2) is 30.5 Å². The summed E-state index contributed by atoms with van der Waals surface area (Å²) in [5.74, 6) is 1.27. The molecule has 0 fully saturated rings. The SMILES string of the molecule is Cc1nc2sc3c(c2c2nc(C(=O)NCc4cccnc4)nn12)C[C@H](C)CC3. The van der Waals surface area contributed by atoms with Gasteiger partial charge in [0.1, 0.15) is 10.7 Å². The molecule has 28 heavy (non-hydrogen) atoms. The average Bonchev–Trinajstić information content (AvgIpc) is 3.28. The molecule has 0 spiro atoms. The molecule has 0 unspecified atom stereocenters. The van der Waals surface area contributed by atoms with Crippen molar-refractivity contribution in [1.82, 2.24) is 29.9 Å². The lowest BCUT2D eigenvalue weighted by molar-refractivity contribution is 0.0940. The van der Waals surface area contributed by atoms with Gasteiger partial charge >= 0.3 is 0 Å². The molecular formula is C20H20N6OS. The molecule has 8 heteroatoms. The number of carbonyl (C=O) groups excluding carboxylic acids is 1. The predicted molar refractivity (Wildman–Crippen MR) is 107 cm³/mol. The van der Waals surface area contributed by atoms with E-state index in [0.717, 1.165) is 40.1 Å². The topological polar surface area (TPSA) is 85.1 Å². The quantitative estimate of drug-likeness (QED) is 0.579. The minimum atomic E-state index is -0.294. The first-order valence-corrected chi connectivity index (χ1v) is 10.3. The van der Waals surface area contributed by atoms with Crippen LogP contribution in [0.1, 0.15) is 45.8 Å². The summed E-state index contributed by atoms with van der Waals surface area (Å²) in [5.41, 5.74) is 3.01. The lowest BCUT2D eigenvalue weighted by atomic mass is 9.89. The highest BCUT2D eigenvalue weighted by Crippen LogP contribution is 2.38. The summed E-state index contributed by atoms with van der Waals surface area (Å²) in [4.78, 5) is 28.4. The molecule has 4 aromatic heterocycles. The molecule has 0 saturated carbocycles. The summed E-state index contributed by atoms with van der Waals surface area (Å²) in [6.07, 6.45) is 6.77. The fourth-order valence-corrected chi connectivity index (χ4v) is 5.06. The van der Waals surface area contributed by atoms with E-state index in [-0.39, 0.29) is 11.7 Å². The zero-order chi connectivity index (χ0) is 19.3. The molecule has 0 aliphatic heterocycles. The zero-order valence-corrected chi connectivity index (χ0v) is 16.6. The van der Waals surface area contributed by atoms with Crippen molar-refractivity contribution in [2.45, 2.75) is 39.7 Å². The van der Waals surface area contributed by atoms with Gasteiger partial charge in [0.25, 0.3) is 5.91 Å². The normalized spacial score (nSPS) is 16.4. The van der Waals surface area contributed by atoms with E-state index in [1.807, 2.05) is 19.1 Å². The van der Waals surface area contributed by atoms with Gasteiger partial charge in [0.2, 0.25) is 5.82 Å². The van der Waals surface area contributed by atoms with Crippen molar-refractivity contribution < 1.29 is 4.79 Å². The Morgan fingerprint density at radius 2 is 2.29 bits per heavy atom. The number of rotatable bonds is 3. The fourth-order valence-electron chi connectivity index (χ4n) is 3.81. The van der Waals surface area contributed by atoms with Crippen molar-refractivity contribution in [3.63, 3.8) is 0 Å². The van der Waals surface area contributed by atoms with E-state index in [1.54, 1.807) is 28.2 Å².